The van der Waals surface area contributed by atoms with Crippen LogP contribution in [0.3, 0.4) is 0 Å². The number of morpholine rings is 1. The van der Waals surface area contributed by atoms with Gasteiger partial charge in [-0.1, -0.05) is 17.7 Å². The molecule has 2 rings (SSSR count). The monoisotopic (exact) mass is 316 g/mol. The van der Waals surface area contributed by atoms with Gasteiger partial charge in [-0.05, 0) is 19.1 Å². The van der Waals surface area contributed by atoms with E-state index in [1.807, 2.05) is 0 Å². The number of aryl methyl sites for hydroxylation is 1. The van der Waals surface area contributed by atoms with Crippen LogP contribution in [-0.4, -0.2) is 44.0 Å². The summed E-state index contributed by atoms with van der Waals surface area (Å²) < 4.78 is 5.39. The molecule has 4 nitrogen and oxygen atoms in total. The first-order valence-electron chi connectivity index (χ1n) is 6.55. The predicted molar refractivity (Wildman–Crippen MR) is 84.8 cm³/mol. The number of benzene rings is 1. The van der Waals surface area contributed by atoms with Crippen molar-refractivity contribution >= 4 is 30.1 Å². The molecule has 1 saturated heterocycles. The van der Waals surface area contributed by atoms with Crippen LogP contribution in [0.25, 0.3) is 0 Å². The number of rotatable bonds is 5. The molecule has 1 aliphatic rings. The van der Waals surface area contributed by atoms with E-state index in [1.165, 1.54) is 10.5 Å². The third kappa shape index (κ3) is 5.71. The minimum atomic E-state index is -0.335. The Labute approximate surface area is 130 Å². The maximum atomic E-state index is 11.8. The molecule has 1 unspecified atom stereocenters. The molecule has 1 heterocycles. The fraction of sp³-hybridized carbons (Fsp3) is 0.500. The van der Waals surface area contributed by atoms with Gasteiger partial charge in [-0.15, -0.1) is 24.2 Å². The van der Waals surface area contributed by atoms with Crippen molar-refractivity contribution in [3.63, 3.8) is 0 Å². The standard InChI is InChI=1S/C14H20N2O2S.ClH/c1-11-2-4-12(5-3-11)19-9-7-16-14(17)13-10-15-6-8-18-13;/h2-5,13,15H,6-10H2,1H3,(H,16,17);1H. The van der Waals surface area contributed by atoms with Crippen LogP contribution in [0.1, 0.15) is 5.56 Å². The third-order valence-corrected chi connectivity index (χ3v) is 3.92. The van der Waals surface area contributed by atoms with Crippen molar-refractivity contribution in [2.24, 2.45) is 0 Å². The van der Waals surface area contributed by atoms with Gasteiger partial charge in [-0.2, -0.15) is 0 Å². The molecule has 0 aliphatic carbocycles. The molecule has 6 heteroatoms. The van der Waals surface area contributed by atoms with Crippen LogP contribution in [0, 0.1) is 6.92 Å². The van der Waals surface area contributed by atoms with E-state index in [0.717, 1.165) is 12.3 Å². The van der Waals surface area contributed by atoms with E-state index >= 15 is 0 Å². The molecule has 1 aromatic carbocycles. The van der Waals surface area contributed by atoms with Crippen LogP contribution in [0.15, 0.2) is 29.2 Å². The van der Waals surface area contributed by atoms with Gasteiger partial charge in [0.25, 0.3) is 0 Å². The van der Waals surface area contributed by atoms with Gasteiger partial charge in [0.05, 0.1) is 6.61 Å². The Balaban J connectivity index is 0.00000200. The van der Waals surface area contributed by atoms with Crippen LogP contribution >= 0.6 is 24.2 Å². The fourth-order valence-electron chi connectivity index (χ4n) is 1.83. The summed E-state index contributed by atoms with van der Waals surface area (Å²) in [6.45, 7) is 4.78. The van der Waals surface area contributed by atoms with Crippen LogP contribution in [0.5, 0.6) is 0 Å². The van der Waals surface area contributed by atoms with Gasteiger partial charge in [-0.25, -0.2) is 0 Å². The van der Waals surface area contributed by atoms with Crippen molar-refractivity contribution in [2.75, 3.05) is 32.0 Å². The number of hydrogen-bond donors (Lipinski definition) is 2. The van der Waals surface area contributed by atoms with Crippen LogP contribution in [0.2, 0.25) is 0 Å². The van der Waals surface area contributed by atoms with Crippen molar-refractivity contribution < 1.29 is 9.53 Å². The summed E-state index contributed by atoms with van der Waals surface area (Å²) in [5.41, 5.74) is 1.26. The highest BCUT2D eigenvalue weighted by atomic mass is 35.5. The van der Waals surface area contributed by atoms with E-state index in [-0.39, 0.29) is 24.4 Å². The Kier molecular flexibility index (Phi) is 7.99. The molecule has 0 aromatic heterocycles. The number of halogens is 1. The molecule has 1 aromatic rings. The Hall–Kier alpha value is -0.750. The van der Waals surface area contributed by atoms with E-state index in [0.29, 0.717) is 19.7 Å². The first-order chi connectivity index (χ1) is 9.25. The Morgan fingerprint density at radius 3 is 2.85 bits per heavy atom. The zero-order chi connectivity index (χ0) is 13.5. The zero-order valence-electron chi connectivity index (χ0n) is 11.6. The first kappa shape index (κ1) is 17.3. The van der Waals surface area contributed by atoms with E-state index in [4.69, 9.17) is 4.74 Å². The number of thioether (sulfide) groups is 1. The van der Waals surface area contributed by atoms with E-state index in [2.05, 4.69) is 41.8 Å². The summed E-state index contributed by atoms with van der Waals surface area (Å²) in [5, 5.41) is 6.06. The molecule has 1 amide bonds. The van der Waals surface area contributed by atoms with Crippen molar-refractivity contribution in [3.8, 4) is 0 Å². The number of nitrogens with one attached hydrogen (secondary N) is 2. The average Bonchev–Trinajstić information content (AvgIpc) is 2.46. The predicted octanol–water partition coefficient (Wildman–Crippen LogP) is 1.61. The fourth-order valence-corrected chi connectivity index (χ4v) is 2.59. The van der Waals surface area contributed by atoms with E-state index in [9.17, 15) is 4.79 Å². The van der Waals surface area contributed by atoms with Gasteiger partial charge in [0.15, 0.2) is 0 Å². The largest absolute Gasteiger partial charge is 0.366 e. The molecule has 0 saturated carbocycles. The van der Waals surface area contributed by atoms with Crippen molar-refractivity contribution in [1.82, 2.24) is 10.6 Å². The van der Waals surface area contributed by atoms with Gasteiger partial charge < -0.3 is 15.4 Å². The van der Waals surface area contributed by atoms with Crippen LogP contribution in [-0.2, 0) is 9.53 Å². The molecule has 1 aliphatic heterocycles. The van der Waals surface area contributed by atoms with Gasteiger partial charge in [0.1, 0.15) is 6.10 Å². The molecule has 0 spiro atoms. The quantitative estimate of drug-likeness (QED) is 0.640. The molecule has 1 atom stereocenters. The summed E-state index contributed by atoms with van der Waals surface area (Å²) >= 11 is 1.75. The molecular formula is C14H21ClN2O2S. The summed E-state index contributed by atoms with van der Waals surface area (Å²) in [5.74, 6) is 0.853. The van der Waals surface area contributed by atoms with Crippen LogP contribution < -0.4 is 10.6 Å². The number of carbonyl (C=O) groups is 1. The lowest BCUT2D eigenvalue weighted by Gasteiger charge is -2.22. The van der Waals surface area contributed by atoms with Gasteiger partial charge in [0, 0.05) is 30.3 Å². The Morgan fingerprint density at radius 1 is 1.45 bits per heavy atom. The Morgan fingerprint density at radius 2 is 2.20 bits per heavy atom. The van der Waals surface area contributed by atoms with E-state index < -0.39 is 0 Å². The van der Waals surface area contributed by atoms with E-state index in [1.54, 1.807) is 11.8 Å². The minimum absolute atomic E-state index is 0. The second-order valence-electron chi connectivity index (χ2n) is 4.52. The zero-order valence-corrected chi connectivity index (χ0v) is 13.2. The van der Waals surface area contributed by atoms with Crippen molar-refractivity contribution in [3.05, 3.63) is 29.8 Å². The lowest BCUT2D eigenvalue weighted by atomic mass is 10.2. The molecule has 1 fully saturated rings. The second kappa shape index (κ2) is 9.23. The summed E-state index contributed by atoms with van der Waals surface area (Å²) in [6, 6.07) is 8.41. The Bertz CT molecular complexity index is 408. The summed E-state index contributed by atoms with van der Waals surface area (Å²) in [7, 11) is 0. The highest BCUT2D eigenvalue weighted by molar-refractivity contribution is 7.99. The first-order valence-corrected chi connectivity index (χ1v) is 7.54. The van der Waals surface area contributed by atoms with Gasteiger partial charge in [-0.3, -0.25) is 4.79 Å². The van der Waals surface area contributed by atoms with Crippen molar-refractivity contribution in [2.45, 2.75) is 17.9 Å². The summed E-state index contributed by atoms with van der Waals surface area (Å²) in [4.78, 5) is 13.0. The molecule has 2 N–H and O–H groups in total. The highest BCUT2D eigenvalue weighted by Crippen LogP contribution is 2.17. The SMILES string of the molecule is Cc1ccc(SCCNC(=O)C2CNCCO2)cc1.Cl. The number of carbonyl (C=O) groups excluding carboxylic acids is 1. The smallest absolute Gasteiger partial charge is 0.250 e. The van der Waals surface area contributed by atoms with Crippen molar-refractivity contribution in [1.29, 1.82) is 0 Å². The third-order valence-electron chi connectivity index (χ3n) is 2.91. The molecule has 0 radical (unpaired) electrons. The maximum Gasteiger partial charge on any atom is 0.250 e. The molecule has 112 valence electrons. The van der Waals surface area contributed by atoms with Gasteiger partial charge >= 0.3 is 0 Å². The lowest BCUT2D eigenvalue weighted by molar-refractivity contribution is -0.134. The molecule has 20 heavy (non-hydrogen) atoms. The maximum absolute atomic E-state index is 11.8. The topological polar surface area (TPSA) is 50.4 Å². The summed E-state index contributed by atoms with van der Waals surface area (Å²) in [6.07, 6.45) is -0.335. The van der Waals surface area contributed by atoms with Gasteiger partial charge in [0.2, 0.25) is 5.91 Å². The minimum Gasteiger partial charge on any atom is -0.366 e. The second-order valence-corrected chi connectivity index (χ2v) is 5.68. The normalized spacial score (nSPS) is 18.1. The molecular weight excluding hydrogens is 296 g/mol. The number of ether oxygens (including phenoxy) is 1. The average molecular weight is 317 g/mol. The van der Waals surface area contributed by atoms with Crippen LogP contribution in [0.4, 0.5) is 0 Å². The lowest BCUT2D eigenvalue weighted by Crippen LogP contribution is -2.48. The highest BCUT2D eigenvalue weighted by Gasteiger charge is 2.20. The number of amides is 1. The molecule has 0 bridgehead atoms. The number of hydrogen-bond acceptors (Lipinski definition) is 4.